The van der Waals surface area contributed by atoms with Crippen molar-refractivity contribution in [2.24, 2.45) is 0 Å². The maximum atomic E-state index is 16.1. The third kappa shape index (κ3) is 4.62. The molecular weight excluding hydrogens is 462 g/mol. The quantitative estimate of drug-likeness (QED) is 0.306. The molecular formula is C29H26F2N2O3. The lowest BCUT2D eigenvalue weighted by Gasteiger charge is -2.40. The second kappa shape index (κ2) is 9.59. The van der Waals surface area contributed by atoms with Crippen molar-refractivity contribution in [3.05, 3.63) is 102 Å². The van der Waals surface area contributed by atoms with Gasteiger partial charge in [0.05, 0.1) is 17.8 Å². The van der Waals surface area contributed by atoms with E-state index in [1.165, 1.54) is 24.3 Å². The van der Waals surface area contributed by atoms with Crippen molar-refractivity contribution in [2.75, 3.05) is 18.0 Å². The highest BCUT2D eigenvalue weighted by Crippen LogP contribution is 2.44. The maximum Gasteiger partial charge on any atom is 0.335 e. The largest absolute Gasteiger partial charge is 0.478 e. The number of aromatic carboxylic acids is 1. The summed E-state index contributed by atoms with van der Waals surface area (Å²) >= 11 is 0. The zero-order chi connectivity index (χ0) is 25.3. The van der Waals surface area contributed by atoms with Crippen molar-refractivity contribution in [2.45, 2.75) is 25.2 Å². The van der Waals surface area contributed by atoms with Crippen LogP contribution in [0.2, 0.25) is 0 Å². The number of rotatable bonds is 7. The number of nitrogens with zero attached hydrogens (tertiary/aromatic N) is 1. The van der Waals surface area contributed by atoms with Gasteiger partial charge in [0.1, 0.15) is 0 Å². The first-order valence-corrected chi connectivity index (χ1v) is 11.8. The van der Waals surface area contributed by atoms with Crippen LogP contribution in [0.25, 0.3) is 10.8 Å². The number of anilines is 2. The summed E-state index contributed by atoms with van der Waals surface area (Å²) in [6.07, 6.45) is -0.0367. The molecule has 36 heavy (non-hydrogen) atoms. The molecule has 5 nitrogen and oxygen atoms in total. The van der Waals surface area contributed by atoms with E-state index in [0.717, 1.165) is 16.3 Å². The molecule has 0 spiro atoms. The van der Waals surface area contributed by atoms with Crippen LogP contribution in [-0.4, -0.2) is 30.0 Å². The number of nitrogens with one attached hydrogen (secondary N) is 1. The van der Waals surface area contributed by atoms with Gasteiger partial charge in [0.25, 0.3) is 5.85 Å². The van der Waals surface area contributed by atoms with Crippen LogP contribution in [0.3, 0.4) is 0 Å². The first-order chi connectivity index (χ1) is 17.3. The van der Waals surface area contributed by atoms with Crippen LogP contribution in [0.5, 0.6) is 5.75 Å². The van der Waals surface area contributed by atoms with Gasteiger partial charge in [0.2, 0.25) is 0 Å². The Morgan fingerprint density at radius 3 is 2.67 bits per heavy atom. The molecule has 0 aliphatic carbocycles. The van der Waals surface area contributed by atoms with E-state index in [1.54, 1.807) is 23.1 Å². The molecule has 4 aromatic carbocycles. The standard InChI is InChI=1S/C29H26F2N2O3/c1-19(23-12-5-8-20-7-2-3-11-24(20)23)32-16-15-29(31)18-33(22-10-4-9-21(17-22)28(34)35)26-14-6-13-25(30)27(26)36-29/h2-14,17,19,32H,15-16,18H2,1H3,(H,34,35)/t19-,29?/m1/s1. The molecule has 0 radical (unpaired) electrons. The van der Waals surface area contributed by atoms with Crippen molar-refractivity contribution < 1.29 is 23.4 Å². The predicted octanol–water partition coefficient (Wildman–Crippen LogP) is 6.61. The molecule has 7 heteroatoms. The molecule has 1 heterocycles. The second-order valence-electron chi connectivity index (χ2n) is 9.01. The summed E-state index contributed by atoms with van der Waals surface area (Å²) in [6.45, 7) is 2.09. The van der Waals surface area contributed by atoms with Gasteiger partial charge in [-0.15, -0.1) is 0 Å². The summed E-state index contributed by atoms with van der Waals surface area (Å²) in [5.74, 6) is -4.15. The molecule has 0 saturated heterocycles. The number of carboxylic acids is 1. The lowest BCUT2D eigenvalue weighted by molar-refractivity contribution is -0.0679. The number of alkyl halides is 1. The normalized spacial score (nSPS) is 17.9. The summed E-state index contributed by atoms with van der Waals surface area (Å²) in [5.41, 5.74) is 1.97. The Morgan fingerprint density at radius 2 is 1.83 bits per heavy atom. The first kappa shape index (κ1) is 23.8. The third-order valence-corrected chi connectivity index (χ3v) is 6.56. The lowest BCUT2D eigenvalue weighted by Crippen LogP contribution is -2.48. The van der Waals surface area contributed by atoms with Crippen LogP contribution < -0.4 is 15.0 Å². The van der Waals surface area contributed by atoms with Gasteiger partial charge in [-0.3, -0.25) is 0 Å². The van der Waals surface area contributed by atoms with Gasteiger partial charge in [0.15, 0.2) is 11.6 Å². The zero-order valence-electron chi connectivity index (χ0n) is 19.7. The number of benzene rings is 4. The number of hydrogen-bond donors (Lipinski definition) is 2. The van der Waals surface area contributed by atoms with E-state index < -0.39 is 17.6 Å². The molecule has 1 aliphatic heterocycles. The van der Waals surface area contributed by atoms with Crippen molar-refractivity contribution in [1.29, 1.82) is 0 Å². The number of carbonyl (C=O) groups is 1. The number of hydrogen-bond acceptors (Lipinski definition) is 4. The Bertz CT molecular complexity index is 1420. The van der Waals surface area contributed by atoms with E-state index in [-0.39, 0.29) is 36.9 Å². The van der Waals surface area contributed by atoms with E-state index in [4.69, 9.17) is 4.74 Å². The molecule has 5 rings (SSSR count). The number of fused-ring (bicyclic) bond motifs is 2. The maximum absolute atomic E-state index is 16.1. The average molecular weight is 489 g/mol. The average Bonchev–Trinajstić information content (AvgIpc) is 2.88. The summed E-state index contributed by atoms with van der Waals surface area (Å²) < 4.78 is 36.4. The number of carboxylic acid groups (broad SMARTS) is 1. The Balaban J connectivity index is 1.37. The molecule has 1 aliphatic rings. The van der Waals surface area contributed by atoms with Crippen LogP contribution in [0.4, 0.5) is 20.2 Å². The third-order valence-electron chi connectivity index (χ3n) is 6.56. The van der Waals surface area contributed by atoms with E-state index in [9.17, 15) is 14.3 Å². The minimum atomic E-state index is -2.19. The Labute approximate surface area is 207 Å². The number of halogens is 2. The smallest absolute Gasteiger partial charge is 0.335 e. The van der Waals surface area contributed by atoms with Gasteiger partial charge in [-0.25, -0.2) is 9.18 Å². The van der Waals surface area contributed by atoms with Crippen LogP contribution in [0.15, 0.2) is 84.9 Å². The van der Waals surface area contributed by atoms with Crippen LogP contribution in [-0.2, 0) is 0 Å². The fourth-order valence-corrected chi connectivity index (χ4v) is 4.73. The zero-order valence-corrected chi connectivity index (χ0v) is 19.7. The highest BCUT2D eigenvalue weighted by atomic mass is 19.2. The molecule has 1 unspecified atom stereocenters. The number of para-hydroxylation sites is 1. The van der Waals surface area contributed by atoms with Crippen LogP contribution >= 0.6 is 0 Å². The van der Waals surface area contributed by atoms with Gasteiger partial charge in [0, 0.05) is 24.7 Å². The van der Waals surface area contributed by atoms with Crippen molar-refractivity contribution in [3.8, 4) is 5.75 Å². The minimum absolute atomic E-state index is 0.0367. The molecule has 0 aromatic heterocycles. The Kier molecular flexibility index (Phi) is 6.33. The van der Waals surface area contributed by atoms with E-state index >= 15 is 4.39 Å². The highest BCUT2D eigenvalue weighted by molar-refractivity contribution is 5.89. The fourth-order valence-electron chi connectivity index (χ4n) is 4.73. The number of ether oxygens (including phenoxy) is 1. The van der Waals surface area contributed by atoms with E-state index in [0.29, 0.717) is 11.4 Å². The van der Waals surface area contributed by atoms with Gasteiger partial charge in [-0.1, -0.05) is 54.6 Å². The van der Waals surface area contributed by atoms with E-state index in [2.05, 4.69) is 23.5 Å². The van der Waals surface area contributed by atoms with Gasteiger partial charge < -0.3 is 20.1 Å². The molecule has 0 amide bonds. The molecule has 0 bridgehead atoms. The Morgan fingerprint density at radius 1 is 1.08 bits per heavy atom. The lowest BCUT2D eigenvalue weighted by atomic mass is 9.99. The van der Waals surface area contributed by atoms with E-state index in [1.807, 2.05) is 31.2 Å². The summed E-state index contributed by atoms with van der Waals surface area (Å²) in [6, 6.07) is 24.7. The molecule has 4 aromatic rings. The summed E-state index contributed by atoms with van der Waals surface area (Å²) in [4.78, 5) is 13.1. The molecule has 0 fully saturated rings. The van der Waals surface area contributed by atoms with Crippen LogP contribution in [0, 0.1) is 5.82 Å². The van der Waals surface area contributed by atoms with Crippen molar-refractivity contribution >= 4 is 28.1 Å². The molecule has 2 atom stereocenters. The minimum Gasteiger partial charge on any atom is -0.478 e. The summed E-state index contributed by atoms with van der Waals surface area (Å²) in [7, 11) is 0. The highest BCUT2D eigenvalue weighted by Gasteiger charge is 2.41. The van der Waals surface area contributed by atoms with Gasteiger partial charge >= 0.3 is 5.97 Å². The molecule has 0 saturated carbocycles. The van der Waals surface area contributed by atoms with Crippen molar-refractivity contribution in [3.63, 3.8) is 0 Å². The predicted molar refractivity (Wildman–Crippen MR) is 136 cm³/mol. The van der Waals surface area contributed by atoms with Gasteiger partial charge in [-0.05, 0) is 53.6 Å². The van der Waals surface area contributed by atoms with Gasteiger partial charge in [-0.2, -0.15) is 4.39 Å². The SMILES string of the molecule is C[C@@H](NCCC1(F)CN(c2cccc(C(=O)O)c2)c2cccc(F)c2O1)c1cccc2ccccc12. The molecule has 2 N–H and O–H groups in total. The topological polar surface area (TPSA) is 61.8 Å². The first-order valence-electron chi connectivity index (χ1n) is 11.8. The second-order valence-corrected chi connectivity index (χ2v) is 9.01. The molecule has 184 valence electrons. The Hall–Kier alpha value is -3.97. The monoisotopic (exact) mass is 488 g/mol. The van der Waals surface area contributed by atoms with Crippen molar-refractivity contribution in [1.82, 2.24) is 5.32 Å². The summed E-state index contributed by atoms with van der Waals surface area (Å²) in [5, 5.41) is 15.0. The fraction of sp³-hybridized carbons (Fsp3) is 0.207. The van der Waals surface area contributed by atoms with Crippen LogP contribution in [0.1, 0.15) is 35.3 Å².